The number of hydrogen-bond donors (Lipinski definition) is 3. The molecule has 0 saturated carbocycles. The Hall–Kier alpha value is -3.29. The van der Waals surface area contributed by atoms with Gasteiger partial charge in [0.05, 0.1) is 6.42 Å². The largest absolute Gasteiger partial charge is 0.481 e. The molecule has 0 spiro atoms. The summed E-state index contributed by atoms with van der Waals surface area (Å²) in [4.78, 5) is 34.1. The number of amides is 2. The van der Waals surface area contributed by atoms with Crippen LogP contribution >= 0.6 is 0 Å². The molecule has 3 N–H and O–H groups in total. The van der Waals surface area contributed by atoms with E-state index in [1.807, 2.05) is 0 Å². The first-order valence-electron chi connectivity index (χ1n) is 7.23. The maximum atomic E-state index is 13.1. The highest BCUT2D eigenvalue weighted by Crippen LogP contribution is 2.13. The molecular weight excluding hydrogens is 334 g/mol. The summed E-state index contributed by atoms with van der Waals surface area (Å²) in [5, 5.41) is 13.4. The maximum Gasteiger partial charge on any atom is 0.305 e. The highest BCUT2D eigenvalue weighted by Gasteiger charge is 2.11. The van der Waals surface area contributed by atoms with Crippen LogP contribution < -0.4 is 10.6 Å². The van der Waals surface area contributed by atoms with Crippen LogP contribution in [0.1, 0.15) is 27.1 Å². The van der Waals surface area contributed by atoms with Crippen LogP contribution in [0.25, 0.3) is 0 Å². The molecule has 0 atom stereocenters. The first kappa shape index (κ1) is 18.1. The number of halogens is 2. The predicted octanol–water partition coefficient (Wildman–Crippen LogP) is 2.42. The third-order valence-electron chi connectivity index (χ3n) is 3.21. The van der Waals surface area contributed by atoms with Crippen molar-refractivity contribution in [2.45, 2.75) is 6.42 Å². The van der Waals surface area contributed by atoms with Crippen LogP contribution in [0.3, 0.4) is 0 Å². The van der Waals surface area contributed by atoms with E-state index in [9.17, 15) is 23.2 Å². The van der Waals surface area contributed by atoms with Crippen LogP contribution in [0, 0.1) is 11.6 Å². The van der Waals surface area contributed by atoms with E-state index in [1.165, 1.54) is 24.3 Å². The smallest absolute Gasteiger partial charge is 0.305 e. The van der Waals surface area contributed by atoms with Crippen LogP contribution in [0.2, 0.25) is 0 Å². The zero-order valence-electron chi connectivity index (χ0n) is 12.9. The molecule has 0 aromatic heterocycles. The molecule has 2 amide bonds. The van der Waals surface area contributed by atoms with Crippen molar-refractivity contribution < 1.29 is 28.3 Å². The van der Waals surface area contributed by atoms with Gasteiger partial charge in [-0.1, -0.05) is 0 Å². The summed E-state index contributed by atoms with van der Waals surface area (Å²) in [5.74, 6) is -4.26. The summed E-state index contributed by atoms with van der Waals surface area (Å²) in [6.07, 6.45) is -0.186. The van der Waals surface area contributed by atoms with Gasteiger partial charge in [0, 0.05) is 23.4 Å². The van der Waals surface area contributed by atoms with Gasteiger partial charge in [0.1, 0.15) is 0 Å². The molecule has 130 valence electrons. The second-order valence-electron chi connectivity index (χ2n) is 5.06. The summed E-state index contributed by atoms with van der Waals surface area (Å²) in [6.45, 7) is 0.00276. The van der Waals surface area contributed by atoms with E-state index in [1.54, 1.807) is 0 Å². The third-order valence-corrected chi connectivity index (χ3v) is 3.21. The number of rotatable bonds is 6. The number of anilines is 1. The van der Waals surface area contributed by atoms with E-state index in [-0.39, 0.29) is 24.1 Å². The van der Waals surface area contributed by atoms with Crippen LogP contribution in [-0.2, 0) is 4.79 Å². The average molecular weight is 348 g/mol. The van der Waals surface area contributed by atoms with Crippen molar-refractivity contribution in [3.63, 3.8) is 0 Å². The van der Waals surface area contributed by atoms with Gasteiger partial charge in [-0.2, -0.15) is 0 Å². The van der Waals surface area contributed by atoms with Crippen molar-refractivity contribution in [1.29, 1.82) is 0 Å². The number of carbonyl (C=O) groups excluding carboxylic acids is 2. The fourth-order valence-corrected chi connectivity index (χ4v) is 1.93. The zero-order valence-corrected chi connectivity index (χ0v) is 12.9. The van der Waals surface area contributed by atoms with Gasteiger partial charge in [-0.15, -0.1) is 0 Å². The normalized spacial score (nSPS) is 10.2. The van der Waals surface area contributed by atoms with E-state index in [0.717, 1.165) is 18.2 Å². The second kappa shape index (κ2) is 8.00. The molecule has 2 aromatic carbocycles. The molecule has 0 bridgehead atoms. The molecule has 0 aliphatic heterocycles. The highest BCUT2D eigenvalue weighted by molar-refractivity contribution is 6.04. The SMILES string of the molecule is O=C(O)CCNC(=O)c1ccc(NC(=O)c2ccc(F)c(F)c2)cc1. The average Bonchev–Trinajstić information content (AvgIpc) is 2.57. The van der Waals surface area contributed by atoms with Crippen molar-refractivity contribution in [2.75, 3.05) is 11.9 Å². The van der Waals surface area contributed by atoms with Crippen molar-refractivity contribution in [3.05, 3.63) is 65.2 Å². The van der Waals surface area contributed by atoms with Crippen LogP contribution in [0.5, 0.6) is 0 Å². The summed E-state index contributed by atoms with van der Waals surface area (Å²) >= 11 is 0. The van der Waals surface area contributed by atoms with E-state index >= 15 is 0 Å². The first-order valence-corrected chi connectivity index (χ1v) is 7.23. The van der Waals surface area contributed by atoms with Gasteiger partial charge in [0.2, 0.25) is 0 Å². The number of nitrogens with one attached hydrogen (secondary N) is 2. The van der Waals surface area contributed by atoms with Gasteiger partial charge >= 0.3 is 5.97 Å². The standard InChI is InChI=1S/C17H14F2N2O4/c18-13-6-3-11(9-14(13)19)17(25)21-12-4-1-10(2-5-12)16(24)20-8-7-15(22)23/h1-6,9H,7-8H2,(H,20,24)(H,21,25)(H,22,23). The number of hydrogen-bond acceptors (Lipinski definition) is 3. The van der Waals surface area contributed by atoms with Gasteiger partial charge in [-0.3, -0.25) is 14.4 Å². The van der Waals surface area contributed by atoms with Gasteiger partial charge in [0.15, 0.2) is 11.6 Å². The van der Waals surface area contributed by atoms with Gasteiger partial charge in [-0.25, -0.2) is 8.78 Å². The Morgan fingerprint density at radius 3 is 2.12 bits per heavy atom. The summed E-state index contributed by atoms with van der Waals surface area (Å²) in [6, 6.07) is 8.60. The Kier molecular flexibility index (Phi) is 5.78. The van der Waals surface area contributed by atoms with Crippen molar-refractivity contribution in [3.8, 4) is 0 Å². The number of carboxylic acid groups (broad SMARTS) is 1. The molecule has 0 fully saturated rings. The monoisotopic (exact) mass is 348 g/mol. The number of benzene rings is 2. The lowest BCUT2D eigenvalue weighted by atomic mass is 10.1. The van der Waals surface area contributed by atoms with Gasteiger partial charge in [0.25, 0.3) is 11.8 Å². The molecule has 0 unspecified atom stereocenters. The third kappa shape index (κ3) is 5.10. The van der Waals surface area contributed by atoms with E-state index in [4.69, 9.17) is 5.11 Å². The van der Waals surface area contributed by atoms with Crippen molar-refractivity contribution >= 4 is 23.5 Å². The minimum atomic E-state index is -1.12. The van der Waals surface area contributed by atoms with E-state index in [2.05, 4.69) is 10.6 Å². The number of aliphatic carboxylic acids is 1. The molecule has 0 heterocycles. The van der Waals surface area contributed by atoms with Gasteiger partial charge < -0.3 is 15.7 Å². The minimum Gasteiger partial charge on any atom is -0.481 e. The van der Waals surface area contributed by atoms with Gasteiger partial charge in [-0.05, 0) is 42.5 Å². The van der Waals surface area contributed by atoms with Crippen LogP contribution in [0.4, 0.5) is 14.5 Å². The Balaban J connectivity index is 1.97. The fourth-order valence-electron chi connectivity index (χ4n) is 1.93. The molecule has 2 rings (SSSR count). The maximum absolute atomic E-state index is 13.1. The Morgan fingerprint density at radius 1 is 0.880 bits per heavy atom. The highest BCUT2D eigenvalue weighted by atomic mass is 19.2. The Bertz CT molecular complexity index is 807. The first-order chi connectivity index (χ1) is 11.9. The zero-order chi connectivity index (χ0) is 18.4. The van der Waals surface area contributed by atoms with Crippen LogP contribution in [-0.4, -0.2) is 29.4 Å². The van der Waals surface area contributed by atoms with Crippen LogP contribution in [0.15, 0.2) is 42.5 Å². The fraction of sp³-hybridized carbons (Fsp3) is 0.118. The van der Waals surface area contributed by atoms with E-state index in [0.29, 0.717) is 5.69 Å². The molecule has 8 heteroatoms. The molecule has 0 radical (unpaired) electrons. The quantitative estimate of drug-likeness (QED) is 0.747. The summed E-state index contributed by atoms with van der Waals surface area (Å²) < 4.78 is 26.0. The van der Waals surface area contributed by atoms with Crippen molar-refractivity contribution in [2.24, 2.45) is 0 Å². The molecule has 2 aromatic rings. The molecule has 6 nitrogen and oxygen atoms in total. The molecule has 0 saturated heterocycles. The Morgan fingerprint density at radius 2 is 1.52 bits per heavy atom. The number of carboxylic acids is 1. The predicted molar refractivity (Wildman–Crippen MR) is 85.3 cm³/mol. The summed E-state index contributed by atoms with van der Waals surface area (Å²) in [5.41, 5.74) is 0.599. The second-order valence-corrected chi connectivity index (χ2v) is 5.06. The minimum absolute atomic E-state index is 0.00276. The molecule has 25 heavy (non-hydrogen) atoms. The lowest BCUT2D eigenvalue weighted by Crippen LogP contribution is -2.25. The molecule has 0 aliphatic carbocycles. The topological polar surface area (TPSA) is 95.5 Å². The lowest BCUT2D eigenvalue weighted by Gasteiger charge is -2.07. The van der Waals surface area contributed by atoms with E-state index < -0.39 is 29.4 Å². The number of carbonyl (C=O) groups is 3. The Labute approximate surface area is 141 Å². The van der Waals surface area contributed by atoms with Crippen molar-refractivity contribution in [1.82, 2.24) is 5.32 Å². The molecule has 0 aliphatic rings. The summed E-state index contributed by atoms with van der Waals surface area (Å²) in [7, 11) is 0. The lowest BCUT2D eigenvalue weighted by molar-refractivity contribution is -0.136. The molecular formula is C17H14F2N2O4.